The summed E-state index contributed by atoms with van der Waals surface area (Å²) >= 11 is 1.49. The van der Waals surface area contributed by atoms with Crippen LogP contribution >= 0.6 is 11.3 Å². The number of nitrogens with zero attached hydrogens (tertiary/aromatic N) is 7. The van der Waals surface area contributed by atoms with Gasteiger partial charge in [0.25, 0.3) is 0 Å². The van der Waals surface area contributed by atoms with Crippen LogP contribution in [-0.4, -0.2) is 34.6 Å². The molecule has 0 bridgehead atoms. The molecule has 0 unspecified atom stereocenters. The molecule has 8 heteroatoms. The number of pyridine rings is 1. The van der Waals surface area contributed by atoms with Gasteiger partial charge in [0.2, 0.25) is 4.96 Å². The van der Waals surface area contributed by atoms with E-state index in [1.165, 1.54) is 11.3 Å². The summed E-state index contributed by atoms with van der Waals surface area (Å²) < 4.78 is 3.77. The first-order valence-corrected chi connectivity index (χ1v) is 8.25. The highest BCUT2D eigenvalue weighted by Crippen LogP contribution is 2.27. The van der Waals surface area contributed by atoms with Crippen molar-refractivity contribution >= 4 is 16.3 Å². The molecular formula is C15H15N7S. The van der Waals surface area contributed by atoms with E-state index in [1.54, 1.807) is 16.9 Å². The number of rotatable bonds is 4. The molecule has 4 rings (SSSR count). The fraction of sp³-hybridized carbons (Fsp3) is 0.267. The molecule has 0 saturated carbocycles. The molecule has 0 aliphatic heterocycles. The fourth-order valence-electron chi connectivity index (χ4n) is 2.45. The van der Waals surface area contributed by atoms with Gasteiger partial charge in [0.1, 0.15) is 5.69 Å². The maximum Gasteiger partial charge on any atom is 0.235 e. The third-order valence-corrected chi connectivity index (χ3v) is 4.47. The molecule has 116 valence electrons. The SMILES string of the molecule is CCCn1nc(-c2nn3c(-c4cccnc4)nnc3s2)cc1C. The topological polar surface area (TPSA) is 73.8 Å². The second-order valence-corrected chi connectivity index (χ2v) is 6.22. The van der Waals surface area contributed by atoms with Crippen molar-refractivity contribution < 1.29 is 0 Å². The lowest BCUT2D eigenvalue weighted by Gasteiger charge is -1.99. The van der Waals surface area contributed by atoms with Crippen LogP contribution in [0.2, 0.25) is 0 Å². The first kappa shape index (κ1) is 14.0. The molecule has 23 heavy (non-hydrogen) atoms. The Morgan fingerprint density at radius 2 is 2.13 bits per heavy atom. The summed E-state index contributed by atoms with van der Waals surface area (Å²) in [5.74, 6) is 0.695. The van der Waals surface area contributed by atoms with Gasteiger partial charge in [-0.3, -0.25) is 9.67 Å². The number of hydrogen-bond donors (Lipinski definition) is 0. The molecule has 4 heterocycles. The van der Waals surface area contributed by atoms with Crippen LogP contribution in [0.3, 0.4) is 0 Å². The number of aryl methyl sites for hydroxylation is 2. The van der Waals surface area contributed by atoms with Gasteiger partial charge in [0.05, 0.1) is 0 Å². The standard InChI is InChI=1S/C15H15N7S/c1-3-7-21-10(2)8-12(19-21)14-20-22-13(17-18-15(22)23-14)11-5-4-6-16-9-11/h4-6,8-9H,3,7H2,1-2H3. The highest BCUT2D eigenvalue weighted by atomic mass is 32.1. The van der Waals surface area contributed by atoms with Gasteiger partial charge in [-0.25, -0.2) is 0 Å². The molecule has 0 N–H and O–H groups in total. The van der Waals surface area contributed by atoms with Crippen molar-refractivity contribution in [2.75, 3.05) is 0 Å². The molecule has 0 saturated heterocycles. The van der Waals surface area contributed by atoms with E-state index in [0.29, 0.717) is 5.82 Å². The molecule has 0 spiro atoms. The highest BCUT2D eigenvalue weighted by Gasteiger charge is 2.16. The van der Waals surface area contributed by atoms with E-state index in [9.17, 15) is 0 Å². The van der Waals surface area contributed by atoms with Crippen molar-refractivity contribution in [1.29, 1.82) is 0 Å². The lowest BCUT2D eigenvalue weighted by atomic mass is 10.3. The van der Waals surface area contributed by atoms with Crippen molar-refractivity contribution in [2.45, 2.75) is 26.8 Å². The average Bonchev–Trinajstić information content (AvgIpc) is 3.23. The normalized spacial score (nSPS) is 11.4. The third kappa shape index (κ3) is 2.40. The number of fused-ring (bicyclic) bond motifs is 1. The van der Waals surface area contributed by atoms with Crippen molar-refractivity contribution in [2.24, 2.45) is 0 Å². The Hall–Kier alpha value is -2.61. The molecule has 0 amide bonds. The summed E-state index contributed by atoms with van der Waals surface area (Å²) in [6.45, 7) is 5.12. The van der Waals surface area contributed by atoms with Gasteiger partial charge in [-0.2, -0.15) is 14.7 Å². The smallest absolute Gasteiger partial charge is 0.235 e. The summed E-state index contributed by atoms with van der Waals surface area (Å²) in [6.07, 6.45) is 4.55. The zero-order valence-electron chi connectivity index (χ0n) is 12.8. The largest absolute Gasteiger partial charge is 0.269 e. The Labute approximate surface area is 136 Å². The maximum atomic E-state index is 4.64. The molecule has 0 atom stereocenters. The third-order valence-electron chi connectivity index (χ3n) is 3.55. The summed E-state index contributed by atoms with van der Waals surface area (Å²) in [6, 6.07) is 5.88. The minimum atomic E-state index is 0.695. The zero-order valence-corrected chi connectivity index (χ0v) is 13.7. The summed E-state index contributed by atoms with van der Waals surface area (Å²) in [4.78, 5) is 4.88. The summed E-state index contributed by atoms with van der Waals surface area (Å²) in [7, 11) is 0. The van der Waals surface area contributed by atoms with Crippen LogP contribution in [0.15, 0.2) is 30.6 Å². The summed E-state index contributed by atoms with van der Waals surface area (Å²) in [5, 5.41) is 18.5. The predicted molar refractivity (Wildman–Crippen MR) is 88.1 cm³/mol. The minimum Gasteiger partial charge on any atom is -0.269 e. The number of hydrogen-bond acceptors (Lipinski definition) is 6. The van der Waals surface area contributed by atoms with Gasteiger partial charge in [0, 0.05) is 30.2 Å². The van der Waals surface area contributed by atoms with Crippen molar-refractivity contribution in [1.82, 2.24) is 34.6 Å². The monoisotopic (exact) mass is 325 g/mol. The van der Waals surface area contributed by atoms with E-state index >= 15 is 0 Å². The van der Waals surface area contributed by atoms with Gasteiger partial charge in [-0.15, -0.1) is 10.2 Å². The quantitative estimate of drug-likeness (QED) is 0.577. The van der Waals surface area contributed by atoms with Crippen LogP contribution in [0.5, 0.6) is 0 Å². The molecule has 0 fully saturated rings. The van der Waals surface area contributed by atoms with E-state index < -0.39 is 0 Å². The van der Waals surface area contributed by atoms with Crippen LogP contribution in [-0.2, 0) is 6.54 Å². The van der Waals surface area contributed by atoms with Crippen LogP contribution in [0.4, 0.5) is 0 Å². The number of aromatic nitrogens is 7. The van der Waals surface area contributed by atoms with Gasteiger partial charge in [-0.05, 0) is 31.5 Å². The van der Waals surface area contributed by atoms with E-state index in [1.807, 2.05) is 16.8 Å². The average molecular weight is 325 g/mol. The molecular weight excluding hydrogens is 310 g/mol. The lowest BCUT2D eigenvalue weighted by Crippen LogP contribution is -2.00. The Morgan fingerprint density at radius 3 is 2.91 bits per heavy atom. The Morgan fingerprint density at radius 1 is 1.22 bits per heavy atom. The van der Waals surface area contributed by atoms with Crippen molar-refractivity contribution in [3.8, 4) is 22.1 Å². The molecule has 0 aromatic carbocycles. The molecule has 4 aromatic rings. The van der Waals surface area contributed by atoms with Gasteiger partial charge >= 0.3 is 0 Å². The van der Waals surface area contributed by atoms with Crippen LogP contribution in [0, 0.1) is 6.92 Å². The maximum absolute atomic E-state index is 4.64. The zero-order chi connectivity index (χ0) is 15.8. The van der Waals surface area contributed by atoms with Crippen LogP contribution in [0.1, 0.15) is 19.0 Å². The van der Waals surface area contributed by atoms with Gasteiger partial charge in [0.15, 0.2) is 10.8 Å². The molecule has 4 aromatic heterocycles. The van der Waals surface area contributed by atoms with E-state index in [4.69, 9.17) is 0 Å². The van der Waals surface area contributed by atoms with Crippen LogP contribution in [0.25, 0.3) is 27.1 Å². The molecule has 7 nitrogen and oxygen atoms in total. The predicted octanol–water partition coefficient (Wildman–Crippen LogP) is 2.83. The first-order chi connectivity index (χ1) is 11.3. The van der Waals surface area contributed by atoms with Crippen molar-refractivity contribution in [3.63, 3.8) is 0 Å². The fourth-order valence-corrected chi connectivity index (χ4v) is 3.24. The Kier molecular flexibility index (Phi) is 3.38. The molecule has 0 aliphatic carbocycles. The highest BCUT2D eigenvalue weighted by molar-refractivity contribution is 7.19. The van der Waals surface area contributed by atoms with Crippen LogP contribution < -0.4 is 0 Å². The second kappa shape index (κ2) is 5.54. The van der Waals surface area contributed by atoms with Crippen molar-refractivity contribution in [3.05, 3.63) is 36.3 Å². The van der Waals surface area contributed by atoms with Gasteiger partial charge in [-0.1, -0.05) is 18.3 Å². The second-order valence-electron chi connectivity index (χ2n) is 5.26. The minimum absolute atomic E-state index is 0.695. The van der Waals surface area contributed by atoms with E-state index in [-0.39, 0.29) is 0 Å². The summed E-state index contributed by atoms with van der Waals surface area (Å²) in [5.41, 5.74) is 2.91. The Balaban J connectivity index is 1.78. The molecule has 0 aliphatic rings. The van der Waals surface area contributed by atoms with E-state index in [0.717, 1.165) is 39.9 Å². The van der Waals surface area contributed by atoms with E-state index in [2.05, 4.69) is 45.3 Å². The Bertz CT molecular complexity index is 951. The first-order valence-electron chi connectivity index (χ1n) is 7.43. The molecule has 0 radical (unpaired) electrons. The van der Waals surface area contributed by atoms with Gasteiger partial charge < -0.3 is 0 Å². The lowest BCUT2D eigenvalue weighted by molar-refractivity contribution is 0.588.